The van der Waals surface area contributed by atoms with Gasteiger partial charge in [-0.05, 0) is 77.4 Å². The van der Waals surface area contributed by atoms with Gasteiger partial charge in [0, 0.05) is 48.3 Å². The summed E-state index contributed by atoms with van der Waals surface area (Å²) in [6.07, 6.45) is 9.53. The second kappa shape index (κ2) is 8.58. The van der Waals surface area contributed by atoms with Crippen LogP contribution in [0, 0.1) is 11.8 Å². The van der Waals surface area contributed by atoms with Gasteiger partial charge in [0.1, 0.15) is 17.5 Å². The minimum atomic E-state index is -0.594. The second-order valence-corrected chi connectivity index (χ2v) is 11.7. The molecule has 2 heterocycles. The number of hydrogen-bond donors (Lipinski definition) is 0. The molecule has 4 aliphatic rings. The van der Waals surface area contributed by atoms with E-state index in [1.165, 1.54) is 13.0 Å². The van der Waals surface area contributed by atoms with E-state index in [0.29, 0.717) is 17.9 Å². The Hall–Kier alpha value is -2.93. The highest BCUT2D eigenvalue weighted by molar-refractivity contribution is 5.88. The number of ether oxygens (including phenoxy) is 3. The van der Waals surface area contributed by atoms with Gasteiger partial charge in [-0.2, -0.15) is 0 Å². The van der Waals surface area contributed by atoms with E-state index < -0.39 is 17.5 Å². The van der Waals surface area contributed by atoms with E-state index in [9.17, 15) is 14.4 Å². The highest BCUT2D eigenvalue weighted by Crippen LogP contribution is 2.64. The second-order valence-electron chi connectivity index (χ2n) is 11.7. The van der Waals surface area contributed by atoms with Gasteiger partial charge in [0.2, 0.25) is 0 Å². The molecular formula is C29H35NO6. The summed E-state index contributed by atoms with van der Waals surface area (Å²) in [6.45, 7) is 9.40. The molecule has 192 valence electrons. The summed E-state index contributed by atoms with van der Waals surface area (Å²) in [5.74, 6) is 0.429. The van der Waals surface area contributed by atoms with Gasteiger partial charge in [-0.1, -0.05) is 12.2 Å². The van der Waals surface area contributed by atoms with Crippen LogP contribution in [0.1, 0.15) is 64.2 Å². The summed E-state index contributed by atoms with van der Waals surface area (Å²) in [6, 6.07) is 2.07. The number of rotatable bonds is 5. The van der Waals surface area contributed by atoms with E-state index in [2.05, 4.69) is 24.1 Å². The normalized spacial score (nSPS) is 30.1. The molecule has 1 spiro atoms. The molecule has 2 bridgehead atoms. The van der Waals surface area contributed by atoms with Gasteiger partial charge in [-0.3, -0.25) is 4.79 Å². The summed E-state index contributed by atoms with van der Waals surface area (Å²) in [7, 11) is 2.16. The van der Waals surface area contributed by atoms with Crippen LogP contribution < -0.4 is 9.47 Å². The van der Waals surface area contributed by atoms with E-state index in [-0.39, 0.29) is 35.2 Å². The lowest BCUT2D eigenvalue weighted by atomic mass is 9.51. The summed E-state index contributed by atoms with van der Waals surface area (Å²) in [4.78, 5) is 39.1. The van der Waals surface area contributed by atoms with Crippen LogP contribution in [0.2, 0.25) is 0 Å². The first kappa shape index (κ1) is 24.8. The Morgan fingerprint density at radius 3 is 2.64 bits per heavy atom. The van der Waals surface area contributed by atoms with Crippen molar-refractivity contribution in [3.05, 3.63) is 41.0 Å². The van der Waals surface area contributed by atoms with Crippen LogP contribution in [0.15, 0.2) is 24.3 Å². The van der Waals surface area contributed by atoms with Gasteiger partial charge in [0.05, 0.1) is 0 Å². The number of ketones is 1. The maximum Gasteiger partial charge on any atom is 0.331 e. The molecule has 7 nitrogen and oxygen atoms in total. The topological polar surface area (TPSA) is 82.1 Å². The van der Waals surface area contributed by atoms with Gasteiger partial charge < -0.3 is 23.9 Å². The average molecular weight is 494 g/mol. The first-order valence-corrected chi connectivity index (χ1v) is 12.7. The predicted molar refractivity (Wildman–Crippen MR) is 135 cm³/mol. The van der Waals surface area contributed by atoms with Crippen molar-refractivity contribution in [1.82, 2.24) is 4.90 Å². The van der Waals surface area contributed by atoms with E-state index >= 15 is 0 Å². The minimum Gasteiger partial charge on any atom is -0.485 e. The molecule has 1 aromatic carbocycles. The molecule has 7 heteroatoms. The molecule has 1 fully saturated rings. The molecule has 5 atom stereocenters. The number of carbonyl (C=O) groups excluding carboxylic acids is 3. The maximum absolute atomic E-state index is 12.5. The monoisotopic (exact) mass is 493 g/mol. The molecule has 2 aliphatic carbocycles. The molecule has 2 aliphatic heterocycles. The fraction of sp³-hybridized carbons (Fsp3) is 0.552. The van der Waals surface area contributed by atoms with E-state index in [1.54, 1.807) is 19.1 Å². The van der Waals surface area contributed by atoms with Crippen LogP contribution in [0.25, 0.3) is 6.08 Å². The molecule has 1 unspecified atom stereocenters. The number of Topliss-reactive ketones (excluding diaryl/α,β-unsaturated/α-hetero) is 1. The Kier molecular flexibility index (Phi) is 5.90. The van der Waals surface area contributed by atoms with Gasteiger partial charge in [-0.15, -0.1) is 0 Å². The van der Waals surface area contributed by atoms with Crippen LogP contribution in [-0.4, -0.2) is 54.0 Å². The van der Waals surface area contributed by atoms with Gasteiger partial charge in [0.15, 0.2) is 11.5 Å². The average Bonchev–Trinajstić information content (AvgIpc) is 3.10. The zero-order chi connectivity index (χ0) is 26.0. The number of piperidine rings is 1. The number of likely N-dealkylation sites (N-methyl/N-ethyl adjacent to an activating group) is 1. The number of nitrogens with zero attached hydrogens (tertiary/aromatic N) is 1. The molecular weight excluding hydrogens is 458 g/mol. The molecule has 0 amide bonds. The Balaban J connectivity index is 1.68. The quantitative estimate of drug-likeness (QED) is 0.265. The predicted octanol–water partition coefficient (Wildman–Crippen LogP) is 4.01. The highest BCUT2D eigenvalue weighted by Gasteiger charge is 2.64. The molecule has 0 N–H and O–H groups in total. The first-order chi connectivity index (χ1) is 16.9. The fourth-order valence-corrected chi connectivity index (χ4v) is 6.84. The summed E-state index contributed by atoms with van der Waals surface area (Å²) in [5, 5.41) is 0. The molecule has 36 heavy (non-hydrogen) atoms. The van der Waals surface area contributed by atoms with Crippen LogP contribution in [-0.2, 0) is 31.0 Å². The summed E-state index contributed by atoms with van der Waals surface area (Å²) in [5.41, 5.74) is 2.13. The summed E-state index contributed by atoms with van der Waals surface area (Å²) >= 11 is 0. The summed E-state index contributed by atoms with van der Waals surface area (Å²) < 4.78 is 17.8. The molecule has 0 radical (unpaired) electrons. The number of carbonyl (C=O) groups is 3. The third kappa shape index (κ3) is 3.97. The molecule has 5 rings (SSSR count). The lowest BCUT2D eigenvalue weighted by Crippen LogP contribution is -2.64. The van der Waals surface area contributed by atoms with Crippen LogP contribution in [0.5, 0.6) is 11.5 Å². The van der Waals surface area contributed by atoms with Gasteiger partial charge >= 0.3 is 11.9 Å². The molecule has 0 aromatic heterocycles. The Morgan fingerprint density at radius 2 is 1.97 bits per heavy atom. The van der Waals surface area contributed by atoms with Gasteiger partial charge in [-0.25, -0.2) is 4.79 Å². The van der Waals surface area contributed by atoms with Crippen molar-refractivity contribution in [2.24, 2.45) is 11.8 Å². The highest BCUT2D eigenvalue weighted by atomic mass is 16.6. The standard InChI is InChI=1S/C29H35NO6/c1-16(31)13-19-7-9-21-22-15-20-18(8-10-24(33)36-28(3,4)5)14-23(34-17(2)32)26-25(20)29(21,27(19)35-26)11-12-30(22)6/h7-10,14,19,21-22,27H,11-13,15H2,1-6H3/b10-8+/t19-,21?,22-,27+,29+/m1/s1. The largest absolute Gasteiger partial charge is 0.485 e. The Bertz CT molecular complexity index is 1190. The molecule has 1 aromatic rings. The molecule has 0 saturated carbocycles. The number of benzene rings is 1. The lowest BCUT2D eigenvalue weighted by molar-refractivity contribution is -0.148. The van der Waals surface area contributed by atoms with Crippen molar-refractivity contribution in [3.63, 3.8) is 0 Å². The van der Waals surface area contributed by atoms with Crippen molar-refractivity contribution >= 4 is 23.8 Å². The zero-order valence-electron chi connectivity index (χ0n) is 21.9. The van der Waals surface area contributed by atoms with Crippen LogP contribution in [0.4, 0.5) is 0 Å². The Labute approximate surface area is 212 Å². The first-order valence-electron chi connectivity index (χ1n) is 12.7. The van der Waals surface area contributed by atoms with E-state index in [4.69, 9.17) is 14.2 Å². The molecule has 1 saturated heterocycles. The van der Waals surface area contributed by atoms with Crippen molar-refractivity contribution in [3.8, 4) is 11.5 Å². The van der Waals surface area contributed by atoms with E-state index in [1.807, 2.05) is 20.8 Å². The van der Waals surface area contributed by atoms with Crippen LogP contribution >= 0.6 is 0 Å². The zero-order valence-corrected chi connectivity index (χ0v) is 21.9. The SMILES string of the molecule is CC(=O)C[C@H]1C=CC2[C@H]3Cc4c(/C=C/C(=O)OC(C)(C)C)cc(OC(C)=O)c5c4[C@@]2(CCN3C)[C@H]1O5. The van der Waals surface area contributed by atoms with E-state index in [0.717, 1.165) is 36.1 Å². The van der Waals surface area contributed by atoms with Crippen molar-refractivity contribution in [2.45, 2.75) is 77.0 Å². The number of hydrogen-bond acceptors (Lipinski definition) is 7. The number of esters is 2. The smallest absolute Gasteiger partial charge is 0.331 e. The minimum absolute atomic E-state index is 0.0490. The van der Waals surface area contributed by atoms with Gasteiger partial charge in [0.25, 0.3) is 0 Å². The lowest BCUT2D eigenvalue weighted by Gasteiger charge is -2.57. The third-order valence-electron chi connectivity index (χ3n) is 8.01. The van der Waals surface area contributed by atoms with Crippen LogP contribution in [0.3, 0.4) is 0 Å². The van der Waals surface area contributed by atoms with Crippen molar-refractivity contribution in [2.75, 3.05) is 13.6 Å². The fourth-order valence-electron chi connectivity index (χ4n) is 6.84. The number of likely N-dealkylation sites (tertiary alicyclic amines) is 1. The third-order valence-corrected chi connectivity index (χ3v) is 8.01. The van der Waals surface area contributed by atoms with Crippen molar-refractivity contribution in [1.29, 1.82) is 0 Å². The van der Waals surface area contributed by atoms with Crippen molar-refractivity contribution < 1.29 is 28.6 Å². The Morgan fingerprint density at radius 1 is 1.22 bits per heavy atom. The maximum atomic E-state index is 12.5.